The van der Waals surface area contributed by atoms with E-state index in [1.54, 1.807) is 18.2 Å². The number of aliphatic hydroxyl groups is 1. The summed E-state index contributed by atoms with van der Waals surface area (Å²) in [6.45, 7) is 6.67. The minimum atomic E-state index is -1.16. The number of hydrogen-bond donors (Lipinski definition) is 3. The fourth-order valence-electron chi connectivity index (χ4n) is 4.58. The molecule has 0 spiro atoms. The second-order valence-electron chi connectivity index (χ2n) is 9.86. The zero-order valence-corrected chi connectivity index (χ0v) is 20.5. The Hall–Kier alpha value is -2.99. The van der Waals surface area contributed by atoms with Gasteiger partial charge in [0, 0.05) is 24.2 Å². The van der Waals surface area contributed by atoms with Crippen LogP contribution in [-0.2, 0) is 33.6 Å². The summed E-state index contributed by atoms with van der Waals surface area (Å²) >= 11 is 0. The van der Waals surface area contributed by atoms with Crippen molar-refractivity contribution in [2.24, 2.45) is 0 Å². The normalized spacial score (nSPS) is 21.1. The molecule has 0 saturated carbocycles. The highest BCUT2D eigenvalue weighted by Crippen LogP contribution is 2.29. The number of amides is 1. The third-order valence-electron chi connectivity index (χ3n) is 7.07. The summed E-state index contributed by atoms with van der Waals surface area (Å²) in [5.41, 5.74) is 2.69. The van der Waals surface area contributed by atoms with Crippen LogP contribution >= 0.6 is 0 Å². The van der Waals surface area contributed by atoms with Gasteiger partial charge in [-0.15, -0.1) is 0 Å². The van der Waals surface area contributed by atoms with Gasteiger partial charge in [-0.1, -0.05) is 6.07 Å². The highest BCUT2D eigenvalue weighted by Gasteiger charge is 2.45. The van der Waals surface area contributed by atoms with E-state index in [0.717, 1.165) is 11.9 Å². The first-order valence-corrected chi connectivity index (χ1v) is 12.0. The average Bonchev–Trinajstić information content (AvgIpc) is 3.25. The Bertz CT molecular complexity index is 1310. The van der Waals surface area contributed by atoms with Crippen LogP contribution in [0.3, 0.4) is 0 Å². The van der Waals surface area contributed by atoms with Gasteiger partial charge in [0.05, 0.1) is 42.0 Å². The number of ether oxygens (including phenoxy) is 1. The maximum absolute atomic E-state index is 15.3. The number of imidazole rings is 1. The molecule has 5 rings (SSSR count). The van der Waals surface area contributed by atoms with Crippen LogP contribution in [0.4, 0.5) is 14.9 Å². The zero-order valence-electron chi connectivity index (χ0n) is 20.5. The fourth-order valence-corrected chi connectivity index (χ4v) is 4.58. The van der Waals surface area contributed by atoms with Crippen molar-refractivity contribution in [2.75, 3.05) is 11.9 Å². The van der Waals surface area contributed by atoms with Crippen LogP contribution in [0, 0.1) is 5.82 Å². The molecule has 0 radical (unpaired) electrons. The molecule has 2 aromatic carbocycles. The Morgan fingerprint density at radius 3 is 2.69 bits per heavy atom. The van der Waals surface area contributed by atoms with Crippen molar-refractivity contribution in [1.29, 1.82) is 0 Å². The first kappa shape index (κ1) is 24.7. The van der Waals surface area contributed by atoms with E-state index in [0.29, 0.717) is 41.3 Å². The molecule has 3 heterocycles. The van der Waals surface area contributed by atoms with Crippen LogP contribution in [0.5, 0.6) is 0 Å². The van der Waals surface area contributed by atoms with Crippen molar-refractivity contribution in [2.45, 2.75) is 64.6 Å². The van der Waals surface area contributed by atoms with Gasteiger partial charge in [0.15, 0.2) is 0 Å². The number of benzene rings is 2. The number of carboxylic acid groups (broad SMARTS) is 1. The molecule has 1 unspecified atom stereocenters. The molecule has 1 aromatic heterocycles. The molecule has 0 aliphatic carbocycles. The minimum absolute atomic E-state index is 0.0522. The molecular formula is C25H29BFN3O6. The van der Waals surface area contributed by atoms with Crippen LogP contribution in [-0.4, -0.2) is 57.4 Å². The number of aromatic nitrogens is 2. The van der Waals surface area contributed by atoms with E-state index in [-0.39, 0.29) is 30.7 Å². The van der Waals surface area contributed by atoms with Gasteiger partial charge < -0.3 is 28.8 Å². The van der Waals surface area contributed by atoms with Crippen LogP contribution in [0.2, 0.25) is 0 Å². The van der Waals surface area contributed by atoms with Crippen LogP contribution in [0.1, 0.15) is 44.1 Å². The summed E-state index contributed by atoms with van der Waals surface area (Å²) in [5.74, 6) is 0.188. The summed E-state index contributed by atoms with van der Waals surface area (Å²) in [7, 11) is -0.852. The number of carbonyl (C=O) groups is 1. The zero-order chi connectivity index (χ0) is 25.6. The quantitative estimate of drug-likeness (QED) is 0.430. The minimum Gasteiger partial charge on any atom is -0.465 e. The molecule has 2 aliphatic heterocycles. The fraction of sp³-hybridized carbons (Fsp3) is 0.440. The van der Waals surface area contributed by atoms with Crippen molar-refractivity contribution >= 4 is 35.4 Å². The highest BCUT2D eigenvalue weighted by molar-refractivity contribution is 6.62. The predicted octanol–water partition coefficient (Wildman–Crippen LogP) is 3.05. The molecule has 2 atom stereocenters. The molecule has 3 N–H and O–H groups in total. The molecule has 11 heteroatoms. The van der Waals surface area contributed by atoms with Crippen molar-refractivity contribution in [1.82, 2.24) is 9.55 Å². The summed E-state index contributed by atoms with van der Waals surface area (Å²) in [4.78, 5) is 15.8. The van der Waals surface area contributed by atoms with Gasteiger partial charge in [0.2, 0.25) is 0 Å². The third kappa shape index (κ3) is 4.71. The molecule has 3 aromatic rings. The molecule has 2 aliphatic rings. The number of nitrogens with zero attached hydrogens (tertiary/aromatic N) is 2. The second-order valence-corrected chi connectivity index (χ2v) is 9.86. The number of halogens is 1. The standard InChI is InChI=1S/C25H29BFN3O6/c1-14-25(2,3)36-26(35-14)19-8-16(13-31)15(9-20(19)27)10-23-29-21-11-17(28-24(32)33)4-5-22(21)30(23)12-18-6-7-34-18/h4-5,8-9,11,14,18,28,31H,6-7,10,12-13H2,1-3H3,(H,32,33)/t14?,18-/m0/s1. The van der Waals surface area contributed by atoms with Gasteiger partial charge in [-0.3, -0.25) is 5.32 Å². The maximum atomic E-state index is 15.3. The smallest absolute Gasteiger partial charge is 0.465 e. The number of aliphatic hydroxyl groups excluding tert-OH is 1. The summed E-state index contributed by atoms with van der Waals surface area (Å²) in [6, 6.07) is 8.16. The van der Waals surface area contributed by atoms with Crippen molar-refractivity contribution < 1.29 is 33.4 Å². The summed E-state index contributed by atoms with van der Waals surface area (Å²) in [5, 5.41) is 21.5. The van der Waals surface area contributed by atoms with Crippen molar-refractivity contribution in [3.8, 4) is 0 Å². The van der Waals surface area contributed by atoms with Gasteiger partial charge in [-0.2, -0.15) is 0 Å². The first-order chi connectivity index (χ1) is 17.1. The lowest BCUT2D eigenvalue weighted by molar-refractivity contribution is -0.0589. The van der Waals surface area contributed by atoms with E-state index >= 15 is 4.39 Å². The van der Waals surface area contributed by atoms with Gasteiger partial charge in [0.1, 0.15) is 11.6 Å². The van der Waals surface area contributed by atoms with Gasteiger partial charge in [0.25, 0.3) is 0 Å². The third-order valence-corrected chi connectivity index (χ3v) is 7.07. The molecule has 190 valence electrons. The lowest BCUT2D eigenvalue weighted by Gasteiger charge is -2.27. The molecule has 0 bridgehead atoms. The largest absolute Gasteiger partial charge is 0.497 e. The Morgan fingerprint density at radius 2 is 2.08 bits per heavy atom. The van der Waals surface area contributed by atoms with Crippen LogP contribution < -0.4 is 10.8 Å². The number of nitrogens with one attached hydrogen (secondary N) is 1. The van der Waals surface area contributed by atoms with Crippen LogP contribution in [0.15, 0.2) is 30.3 Å². The van der Waals surface area contributed by atoms with E-state index < -0.39 is 24.6 Å². The first-order valence-electron chi connectivity index (χ1n) is 12.0. The molecule has 2 saturated heterocycles. The monoisotopic (exact) mass is 497 g/mol. The molecule has 1 amide bonds. The Balaban J connectivity index is 1.50. The van der Waals surface area contributed by atoms with Crippen molar-refractivity contribution in [3.63, 3.8) is 0 Å². The van der Waals surface area contributed by atoms with Gasteiger partial charge in [-0.25, -0.2) is 14.2 Å². The molecule has 9 nitrogen and oxygen atoms in total. The van der Waals surface area contributed by atoms with Crippen molar-refractivity contribution in [3.05, 3.63) is 53.1 Å². The van der Waals surface area contributed by atoms with Gasteiger partial charge >= 0.3 is 13.2 Å². The topological polar surface area (TPSA) is 115 Å². The van der Waals surface area contributed by atoms with E-state index in [1.165, 1.54) is 6.07 Å². The van der Waals surface area contributed by atoms with Crippen LogP contribution in [0.25, 0.3) is 11.0 Å². The van der Waals surface area contributed by atoms with E-state index in [2.05, 4.69) is 5.32 Å². The SMILES string of the molecule is CC1OB(c2cc(CO)c(Cc3nc4cc(NC(=O)O)ccc4n3C[C@@H]3CCO3)cc2F)OC1(C)C. The van der Waals surface area contributed by atoms with E-state index in [4.69, 9.17) is 24.1 Å². The highest BCUT2D eigenvalue weighted by atomic mass is 19.1. The number of anilines is 1. The summed E-state index contributed by atoms with van der Waals surface area (Å²) in [6.07, 6.45) is -0.124. The lowest BCUT2D eigenvalue weighted by atomic mass is 9.77. The van der Waals surface area contributed by atoms with E-state index in [1.807, 2.05) is 31.4 Å². The molecule has 2 fully saturated rings. The molecular weight excluding hydrogens is 468 g/mol. The van der Waals surface area contributed by atoms with Gasteiger partial charge in [-0.05, 0) is 62.6 Å². The Kier molecular flexibility index (Phi) is 6.50. The Labute approximate surface area is 208 Å². The maximum Gasteiger partial charge on any atom is 0.497 e. The number of rotatable bonds is 7. The summed E-state index contributed by atoms with van der Waals surface area (Å²) < 4.78 is 34.7. The Morgan fingerprint density at radius 1 is 1.31 bits per heavy atom. The second kappa shape index (κ2) is 9.47. The average molecular weight is 497 g/mol. The number of hydrogen-bond acceptors (Lipinski definition) is 6. The predicted molar refractivity (Wildman–Crippen MR) is 132 cm³/mol. The lowest BCUT2D eigenvalue weighted by Crippen LogP contribution is -2.37. The number of fused-ring (bicyclic) bond motifs is 1. The van der Waals surface area contributed by atoms with E-state index in [9.17, 15) is 9.90 Å². The molecule has 36 heavy (non-hydrogen) atoms.